The summed E-state index contributed by atoms with van der Waals surface area (Å²) in [4.78, 5) is 0. The van der Waals surface area contributed by atoms with E-state index in [2.05, 4.69) is 52.0 Å². The van der Waals surface area contributed by atoms with Crippen LogP contribution in [0.1, 0.15) is 57.6 Å². The van der Waals surface area contributed by atoms with E-state index in [-0.39, 0.29) is 11.0 Å². The molecule has 0 aromatic heterocycles. The summed E-state index contributed by atoms with van der Waals surface area (Å²) < 4.78 is 0. The Morgan fingerprint density at radius 3 is 2.25 bits per heavy atom. The Balaban J connectivity index is 2.47. The highest BCUT2D eigenvalue weighted by Crippen LogP contribution is 2.50. The molecule has 1 nitrogen and oxygen atoms in total. The predicted octanol–water partition coefficient (Wildman–Crippen LogP) is 3.58. The van der Waals surface area contributed by atoms with Gasteiger partial charge in [0.2, 0.25) is 0 Å². The van der Waals surface area contributed by atoms with Crippen LogP contribution in [0.2, 0.25) is 0 Å². The van der Waals surface area contributed by atoms with Gasteiger partial charge >= 0.3 is 0 Å². The molecular weight excluding hydrogens is 194 g/mol. The third kappa shape index (κ3) is 1.67. The number of benzene rings is 1. The maximum absolute atomic E-state index is 6.43. The summed E-state index contributed by atoms with van der Waals surface area (Å²) in [6.07, 6.45) is 2.32. The van der Waals surface area contributed by atoms with E-state index in [1.807, 2.05) is 0 Å². The van der Waals surface area contributed by atoms with E-state index >= 15 is 0 Å². The van der Waals surface area contributed by atoms with Gasteiger partial charge in [-0.15, -0.1) is 0 Å². The molecule has 0 heterocycles. The molecule has 0 bridgehead atoms. The third-order valence-electron chi connectivity index (χ3n) is 4.29. The third-order valence-corrected chi connectivity index (χ3v) is 4.29. The molecule has 0 radical (unpaired) electrons. The second-order valence-electron chi connectivity index (χ2n) is 6.02. The van der Waals surface area contributed by atoms with Crippen molar-refractivity contribution < 1.29 is 0 Å². The van der Waals surface area contributed by atoms with E-state index in [1.165, 1.54) is 11.1 Å². The fourth-order valence-corrected chi connectivity index (χ4v) is 2.60. The molecule has 0 amide bonds. The van der Waals surface area contributed by atoms with Crippen molar-refractivity contribution >= 4 is 0 Å². The SMILES string of the molecule is CC(C)c1ccccc1C(C)(C)C1(N)CC1. The lowest BCUT2D eigenvalue weighted by molar-refractivity contribution is 0.387. The molecule has 1 aliphatic carbocycles. The van der Waals surface area contributed by atoms with Crippen LogP contribution in [0, 0.1) is 0 Å². The first-order valence-electron chi connectivity index (χ1n) is 6.27. The van der Waals surface area contributed by atoms with E-state index in [1.54, 1.807) is 0 Å². The van der Waals surface area contributed by atoms with Gasteiger partial charge in [0.1, 0.15) is 0 Å². The van der Waals surface area contributed by atoms with Gasteiger partial charge in [0.25, 0.3) is 0 Å². The summed E-state index contributed by atoms with van der Waals surface area (Å²) in [5.74, 6) is 0.567. The average Bonchev–Trinajstić information content (AvgIpc) is 2.98. The quantitative estimate of drug-likeness (QED) is 0.823. The molecule has 0 spiro atoms. The van der Waals surface area contributed by atoms with Gasteiger partial charge in [-0.25, -0.2) is 0 Å². The van der Waals surface area contributed by atoms with Crippen LogP contribution in [-0.2, 0) is 5.41 Å². The Hall–Kier alpha value is -0.820. The molecule has 1 saturated carbocycles. The van der Waals surface area contributed by atoms with Gasteiger partial charge in [-0.05, 0) is 29.9 Å². The summed E-state index contributed by atoms with van der Waals surface area (Å²) >= 11 is 0. The number of hydrogen-bond donors (Lipinski definition) is 1. The lowest BCUT2D eigenvalue weighted by atomic mass is 9.72. The van der Waals surface area contributed by atoms with Crippen LogP contribution in [0.4, 0.5) is 0 Å². The molecule has 0 atom stereocenters. The molecular formula is C15H23N. The van der Waals surface area contributed by atoms with Gasteiger partial charge in [0.15, 0.2) is 0 Å². The molecule has 88 valence electrons. The summed E-state index contributed by atoms with van der Waals surface area (Å²) in [5, 5.41) is 0. The van der Waals surface area contributed by atoms with Gasteiger partial charge in [-0.3, -0.25) is 0 Å². The van der Waals surface area contributed by atoms with E-state index in [0.29, 0.717) is 5.92 Å². The van der Waals surface area contributed by atoms with Crippen molar-refractivity contribution in [1.29, 1.82) is 0 Å². The smallest absolute Gasteiger partial charge is 0.0248 e. The highest BCUT2D eigenvalue weighted by molar-refractivity contribution is 5.40. The van der Waals surface area contributed by atoms with Crippen LogP contribution >= 0.6 is 0 Å². The predicted molar refractivity (Wildman–Crippen MR) is 69.7 cm³/mol. The maximum Gasteiger partial charge on any atom is 0.0248 e. The minimum Gasteiger partial charge on any atom is -0.324 e. The highest BCUT2D eigenvalue weighted by atomic mass is 14.9. The molecule has 16 heavy (non-hydrogen) atoms. The molecule has 1 aromatic rings. The minimum absolute atomic E-state index is 0.0258. The first-order valence-corrected chi connectivity index (χ1v) is 6.27. The van der Waals surface area contributed by atoms with Gasteiger partial charge in [-0.1, -0.05) is 52.0 Å². The Bertz CT molecular complexity index is 386. The van der Waals surface area contributed by atoms with Crippen molar-refractivity contribution in [2.24, 2.45) is 5.73 Å². The molecule has 2 N–H and O–H groups in total. The Labute approximate surface area is 99.0 Å². The van der Waals surface area contributed by atoms with E-state index < -0.39 is 0 Å². The molecule has 1 fully saturated rings. The van der Waals surface area contributed by atoms with Crippen LogP contribution in [0.3, 0.4) is 0 Å². The van der Waals surface area contributed by atoms with Crippen molar-refractivity contribution in [3.8, 4) is 0 Å². The molecule has 1 heteroatoms. The first kappa shape index (κ1) is 11.7. The molecule has 1 aliphatic rings. The van der Waals surface area contributed by atoms with Gasteiger partial charge in [-0.2, -0.15) is 0 Å². The highest BCUT2D eigenvalue weighted by Gasteiger charge is 2.52. The Morgan fingerprint density at radius 1 is 1.19 bits per heavy atom. The molecule has 0 aliphatic heterocycles. The first-order chi connectivity index (χ1) is 7.38. The zero-order valence-corrected chi connectivity index (χ0v) is 10.9. The summed E-state index contributed by atoms with van der Waals surface area (Å²) in [6.45, 7) is 9.10. The van der Waals surface area contributed by atoms with Crippen LogP contribution in [-0.4, -0.2) is 5.54 Å². The van der Waals surface area contributed by atoms with Gasteiger partial charge in [0.05, 0.1) is 0 Å². The average molecular weight is 217 g/mol. The normalized spacial score (nSPS) is 18.9. The van der Waals surface area contributed by atoms with Gasteiger partial charge < -0.3 is 5.73 Å². The standard InChI is InChI=1S/C15H23N/c1-11(2)12-7-5-6-8-13(12)14(3,4)15(16)9-10-15/h5-8,11H,9-10,16H2,1-4H3. The topological polar surface area (TPSA) is 26.0 Å². The molecule has 2 rings (SSSR count). The van der Waals surface area contributed by atoms with Crippen LogP contribution in [0.15, 0.2) is 24.3 Å². The second-order valence-corrected chi connectivity index (χ2v) is 6.02. The zero-order chi connectivity index (χ0) is 12.0. The lowest BCUT2D eigenvalue weighted by Gasteiger charge is -2.35. The van der Waals surface area contributed by atoms with Crippen molar-refractivity contribution in [2.75, 3.05) is 0 Å². The van der Waals surface area contributed by atoms with Crippen LogP contribution in [0.5, 0.6) is 0 Å². The fourth-order valence-electron chi connectivity index (χ4n) is 2.60. The van der Waals surface area contributed by atoms with Crippen molar-refractivity contribution in [3.63, 3.8) is 0 Å². The lowest BCUT2D eigenvalue weighted by Crippen LogP contribution is -2.44. The van der Waals surface area contributed by atoms with Gasteiger partial charge in [0, 0.05) is 11.0 Å². The summed E-state index contributed by atoms with van der Waals surface area (Å²) in [5.41, 5.74) is 9.43. The van der Waals surface area contributed by atoms with E-state index in [0.717, 1.165) is 12.8 Å². The summed E-state index contributed by atoms with van der Waals surface area (Å²) in [7, 11) is 0. The minimum atomic E-state index is 0.0258. The van der Waals surface area contributed by atoms with E-state index in [9.17, 15) is 0 Å². The monoisotopic (exact) mass is 217 g/mol. The maximum atomic E-state index is 6.43. The van der Waals surface area contributed by atoms with Crippen LogP contribution in [0.25, 0.3) is 0 Å². The molecule has 1 aromatic carbocycles. The largest absolute Gasteiger partial charge is 0.324 e. The van der Waals surface area contributed by atoms with Crippen molar-refractivity contribution in [1.82, 2.24) is 0 Å². The van der Waals surface area contributed by atoms with Crippen molar-refractivity contribution in [2.45, 2.75) is 57.4 Å². The van der Waals surface area contributed by atoms with Crippen molar-refractivity contribution in [3.05, 3.63) is 35.4 Å². The number of nitrogens with two attached hydrogens (primary N) is 1. The van der Waals surface area contributed by atoms with E-state index in [4.69, 9.17) is 5.73 Å². The molecule has 0 unspecified atom stereocenters. The Morgan fingerprint density at radius 2 is 1.75 bits per heavy atom. The summed E-state index contributed by atoms with van der Waals surface area (Å²) in [6, 6.07) is 8.76. The number of rotatable bonds is 3. The fraction of sp³-hybridized carbons (Fsp3) is 0.600. The molecule has 0 saturated heterocycles. The zero-order valence-electron chi connectivity index (χ0n) is 10.9. The van der Waals surface area contributed by atoms with Crippen LogP contribution < -0.4 is 5.73 Å². The Kier molecular flexibility index (Phi) is 2.62. The number of hydrogen-bond acceptors (Lipinski definition) is 1. The second kappa shape index (κ2) is 3.59.